The fraction of sp³-hybridized carbons (Fsp3) is 0.579. The number of benzene rings is 1. The second-order valence-electron chi connectivity index (χ2n) is 6.42. The molecular formula is C19H27NO. The van der Waals surface area contributed by atoms with E-state index in [-0.39, 0.29) is 0 Å². The maximum atomic E-state index is 5.62. The lowest BCUT2D eigenvalue weighted by Crippen LogP contribution is -2.16. The van der Waals surface area contributed by atoms with Crippen molar-refractivity contribution in [2.24, 2.45) is 5.92 Å². The van der Waals surface area contributed by atoms with Crippen LogP contribution in [0.5, 0.6) is 5.75 Å². The third-order valence-electron chi connectivity index (χ3n) is 5.14. The standard InChI is InChI=1S/C19H27NO/c1-3-8-15(14-9-5-4-6-10-14)16-13-20-17-11-7-12-18(21-2)19(16)17/h7,11-15,20H,3-6,8-10H2,1-2H3. The summed E-state index contributed by atoms with van der Waals surface area (Å²) >= 11 is 0. The van der Waals surface area contributed by atoms with Crippen LogP contribution >= 0.6 is 0 Å². The molecule has 2 nitrogen and oxygen atoms in total. The van der Waals surface area contributed by atoms with Gasteiger partial charge >= 0.3 is 0 Å². The summed E-state index contributed by atoms with van der Waals surface area (Å²) < 4.78 is 5.62. The fourth-order valence-corrected chi connectivity index (χ4v) is 4.13. The van der Waals surface area contributed by atoms with Crippen molar-refractivity contribution in [2.45, 2.75) is 57.8 Å². The van der Waals surface area contributed by atoms with Gasteiger partial charge in [-0.3, -0.25) is 0 Å². The largest absolute Gasteiger partial charge is 0.496 e. The lowest BCUT2D eigenvalue weighted by molar-refractivity contribution is 0.293. The third kappa shape index (κ3) is 2.81. The van der Waals surface area contributed by atoms with Crippen molar-refractivity contribution in [1.29, 1.82) is 0 Å². The summed E-state index contributed by atoms with van der Waals surface area (Å²) in [4.78, 5) is 3.46. The quantitative estimate of drug-likeness (QED) is 0.755. The van der Waals surface area contributed by atoms with Crippen molar-refractivity contribution in [3.63, 3.8) is 0 Å². The van der Waals surface area contributed by atoms with Gasteiger partial charge in [-0.15, -0.1) is 0 Å². The van der Waals surface area contributed by atoms with Gasteiger partial charge in [0, 0.05) is 17.1 Å². The third-order valence-corrected chi connectivity index (χ3v) is 5.14. The Bertz CT molecular complexity index is 580. The van der Waals surface area contributed by atoms with E-state index in [0.29, 0.717) is 5.92 Å². The molecule has 1 saturated carbocycles. The Labute approximate surface area is 127 Å². The van der Waals surface area contributed by atoms with E-state index in [1.807, 2.05) is 0 Å². The number of H-pyrrole nitrogens is 1. The number of fused-ring (bicyclic) bond motifs is 1. The van der Waals surface area contributed by atoms with Gasteiger partial charge in [-0.2, -0.15) is 0 Å². The number of nitrogens with one attached hydrogen (secondary N) is 1. The average Bonchev–Trinajstić information content (AvgIpc) is 2.97. The van der Waals surface area contributed by atoms with Gasteiger partial charge in [-0.05, 0) is 48.8 Å². The molecule has 114 valence electrons. The molecule has 1 unspecified atom stereocenters. The maximum absolute atomic E-state index is 5.62. The molecule has 1 aliphatic carbocycles. The van der Waals surface area contributed by atoms with Crippen LogP contribution in [-0.4, -0.2) is 12.1 Å². The molecule has 21 heavy (non-hydrogen) atoms. The maximum Gasteiger partial charge on any atom is 0.128 e. The van der Waals surface area contributed by atoms with Crippen molar-refractivity contribution in [1.82, 2.24) is 4.98 Å². The van der Waals surface area contributed by atoms with E-state index in [0.717, 1.165) is 11.7 Å². The molecule has 2 aromatic rings. The predicted octanol–water partition coefficient (Wildman–Crippen LogP) is 5.64. The zero-order chi connectivity index (χ0) is 14.7. The molecule has 0 bridgehead atoms. The molecule has 0 spiro atoms. The number of rotatable bonds is 5. The molecule has 1 fully saturated rings. The smallest absolute Gasteiger partial charge is 0.128 e. The van der Waals surface area contributed by atoms with Gasteiger partial charge in [0.1, 0.15) is 5.75 Å². The van der Waals surface area contributed by atoms with Crippen LogP contribution in [0.4, 0.5) is 0 Å². The summed E-state index contributed by atoms with van der Waals surface area (Å²) in [5, 5.41) is 1.31. The van der Waals surface area contributed by atoms with Crippen molar-refractivity contribution in [2.75, 3.05) is 7.11 Å². The number of hydrogen-bond donors (Lipinski definition) is 1. The van der Waals surface area contributed by atoms with Gasteiger partial charge in [0.2, 0.25) is 0 Å². The monoisotopic (exact) mass is 285 g/mol. The topological polar surface area (TPSA) is 25.0 Å². The molecule has 1 aromatic heterocycles. The van der Waals surface area contributed by atoms with Crippen LogP contribution in [0.2, 0.25) is 0 Å². The summed E-state index contributed by atoms with van der Waals surface area (Å²) in [7, 11) is 1.78. The van der Waals surface area contributed by atoms with E-state index in [4.69, 9.17) is 4.74 Å². The Morgan fingerprint density at radius 2 is 2.05 bits per heavy atom. The van der Waals surface area contributed by atoms with Gasteiger partial charge in [0.25, 0.3) is 0 Å². The van der Waals surface area contributed by atoms with E-state index >= 15 is 0 Å². The van der Waals surface area contributed by atoms with Crippen LogP contribution in [0.15, 0.2) is 24.4 Å². The highest BCUT2D eigenvalue weighted by Crippen LogP contribution is 2.43. The van der Waals surface area contributed by atoms with Gasteiger partial charge in [0.15, 0.2) is 0 Å². The molecule has 0 saturated heterocycles. The number of hydrogen-bond acceptors (Lipinski definition) is 1. The molecule has 2 heteroatoms. The van der Waals surface area contributed by atoms with E-state index < -0.39 is 0 Å². The first kappa shape index (κ1) is 14.5. The first-order chi connectivity index (χ1) is 10.3. The summed E-state index contributed by atoms with van der Waals surface area (Å²) in [6.07, 6.45) is 11.8. The van der Waals surface area contributed by atoms with Gasteiger partial charge < -0.3 is 9.72 Å². The zero-order valence-electron chi connectivity index (χ0n) is 13.3. The molecular weight excluding hydrogens is 258 g/mol. The number of aromatic amines is 1. The SMILES string of the molecule is CCCC(c1c[nH]c2cccc(OC)c12)C1CCCCC1. The van der Waals surface area contributed by atoms with Crippen molar-refractivity contribution in [3.8, 4) is 5.75 Å². The lowest BCUT2D eigenvalue weighted by atomic mass is 9.75. The van der Waals surface area contributed by atoms with Crippen molar-refractivity contribution < 1.29 is 4.74 Å². The summed E-state index contributed by atoms with van der Waals surface area (Å²) in [6.45, 7) is 2.31. The van der Waals surface area contributed by atoms with E-state index in [9.17, 15) is 0 Å². The van der Waals surface area contributed by atoms with E-state index in [1.54, 1.807) is 7.11 Å². The highest BCUT2D eigenvalue weighted by atomic mass is 16.5. The minimum atomic E-state index is 0.681. The summed E-state index contributed by atoms with van der Waals surface area (Å²) in [5.74, 6) is 2.55. The van der Waals surface area contributed by atoms with Crippen LogP contribution in [0.25, 0.3) is 10.9 Å². The minimum absolute atomic E-state index is 0.681. The second kappa shape index (κ2) is 6.55. The van der Waals surface area contributed by atoms with Gasteiger partial charge in [-0.25, -0.2) is 0 Å². The normalized spacial score (nSPS) is 18.0. The van der Waals surface area contributed by atoms with Crippen molar-refractivity contribution >= 4 is 10.9 Å². The molecule has 0 radical (unpaired) electrons. The first-order valence-corrected chi connectivity index (χ1v) is 8.49. The van der Waals surface area contributed by atoms with Crippen LogP contribution in [0.1, 0.15) is 63.4 Å². The Kier molecular flexibility index (Phi) is 4.52. The number of ether oxygens (including phenoxy) is 1. The molecule has 1 heterocycles. The fourth-order valence-electron chi connectivity index (χ4n) is 4.13. The Morgan fingerprint density at radius 1 is 1.24 bits per heavy atom. The number of methoxy groups -OCH3 is 1. The second-order valence-corrected chi connectivity index (χ2v) is 6.42. The Morgan fingerprint density at radius 3 is 2.76 bits per heavy atom. The Hall–Kier alpha value is -1.44. The molecule has 0 amide bonds. The first-order valence-electron chi connectivity index (χ1n) is 8.49. The van der Waals surface area contributed by atoms with Gasteiger partial charge in [0.05, 0.1) is 7.11 Å². The number of aromatic nitrogens is 1. The van der Waals surface area contributed by atoms with Crippen LogP contribution in [0.3, 0.4) is 0 Å². The Balaban J connectivity index is 2.02. The van der Waals surface area contributed by atoms with Crippen molar-refractivity contribution in [3.05, 3.63) is 30.0 Å². The minimum Gasteiger partial charge on any atom is -0.496 e. The van der Waals surface area contributed by atoms with Crippen LogP contribution < -0.4 is 4.74 Å². The summed E-state index contributed by atoms with van der Waals surface area (Å²) in [6, 6.07) is 6.31. The average molecular weight is 285 g/mol. The molecule has 1 N–H and O–H groups in total. The van der Waals surface area contributed by atoms with Crippen LogP contribution in [-0.2, 0) is 0 Å². The molecule has 1 atom stereocenters. The lowest BCUT2D eigenvalue weighted by Gasteiger charge is -2.30. The highest BCUT2D eigenvalue weighted by Gasteiger charge is 2.27. The highest BCUT2D eigenvalue weighted by molar-refractivity contribution is 5.89. The van der Waals surface area contributed by atoms with Crippen LogP contribution in [0, 0.1) is 5.92 Å². The zero-order valence-corrected chi connectivity index (χ0v) is 13.3. The molecule has 1 aromatic carbocycles. The van der Waals surface area contributed by atoms with Gasteiger partial charge in [-0.1, -0.05) is 38.7 Å². The van der Waals surface area contributed by atoms with E-state index in [2.05, 4.69) is 36.3 Å². The summed E-state index contributed by atoms with van der Waals surface area (Å²) in [5.41, 5.74) is 2.69. The molecule has 1 aliphatic rings. The predicted molar refractivity (Wildman–Crippen MR) is 89.1 cm³/mol. The van der Waals surface area contributed by atoms with E-state index in [1.165, 1.54) is 61.4 Å². The molecule has 3 rings (SSSR count). The molecule has 0 aliphatic heterocycles.